The Morgan fingerprint density at radius 3 is 2.56 bits per heavy atom. The number of nitrogens with zero attached hydrogens (tertiary/aromatic N) is 1. The third-order valence-electron chi connectivity index (χ3n) is 4.22. The lowest BCUT2D eigenvalue weighted by molar-refractivity contribution is 0.0611. The fourth-order valence-corrected chi connectivity index (χ4v) is 4.65. The predicted molar refractivity (Wildman–Crippen MR) is 85.9 cm³/mol. The molecule has 1 fully saturated rings. The molecule has 1 aliphatic rings. The summed E-state index contributed by atoms with van der Waals surface area (Å²) in [4.78, 5) is 2.61. The highest BCUT2D eigenvalue weighted by Crippen LogP contribution is 2.33. The number of hydrogen-bond acceptors (Lipinski definition) is 2. The van der Waals surface area contributed by atoms with Gasteiger partial charge in [0.05, 0.1) is 0 Å². The molecule has 1 aromatic rings. The van der Waals surface area contributed by atoms with E-state index in [0.717, 1.165) is 13.1 Å². The van der Waals surface area contributed by atoms with E-state index in [9.17, 15) is 0 Å². The summed E-state index contributed by atoms with van der Waals surface area (Å²) in [5.74, 6) is 0.616. The first-order chi connectivity index (χ1) is 8.63. The Balaban J connectivity index is 2.11. The van der Waals surface area contributed by atoms with Gasteiger partial charge < -0.3 is 5.73 Å². The highest BCUT2D eigenvalue weighted by molar-refractivity contribution is 14.1. The van der Waals surface area contributed by atoms with Crippen LogP contribution >= 0.6 is 22.6 Å². The topological polar surface area (TPSA) is 29.3 Å². The van der Waals surface area contributed by atoms with Crippen molar-refractivity contribution in [1.29, 1.82) is 0 Å². The number of benzene rings is 1. The highest BCUT2D eigenvalue weighted by atomic mass is 127. The minimum atomic E-state index is 0.570. The van der Waals surface area contributed by atoms with E-state index in [1.54, 1.807) is 0 Å². The second-order valence-corrected chi connectivity index (χ2v) is 7.00. The molecule has 2 rings (SSSR count). The van der Waals surface area contributed by atoms with Crippen molar-refractivity contribution in [2.75, 3.05) is 6.54 Å². The first-order valence-corrected chi connectivity index (χ1v) is 8.02. The van der Waals surface area contributed by atoms with Gasteiger partial charge in [-0.2, -0.15) is 0 Å². The summed E-state index contributed by atoms with van der Waals surface area (Å²) in [5.41, 5.74) is 7.36. The van der Waals surface area contributed by atoms with Crippen LogP contribution < -0.4 is 5.73 Å². The minimum Gasteiger partial charge on any atom is -0.330 e. The standard InChI is InChI=1S/C15H23IN2/c1-11-8-15(16)14(9-17)12(2)18(11)10-13-6-4-3-5-7-13/h3-7,11-12,14-15H,8-10,17H2,1-2H3. The van der Waals surface area contributed by atoms with Crippen LogP contribution in [0.5, 0.6) is 0 Å². The summed E-state index contributed by atoms with van der Waals surface area (Å²) in [6.07, 6.45) is 1.25. The monoisotopic (exact) mass is 358 g/mol. The van der Waals surface area contributed by atoms with Gasteiger partial charge in [-0.25, -0.2) is 0 Å². The number of rotatable bonds is 3. The molecule has 3 heteroatoms. The molecule has 1 aliphatic heterocycles. The second kappa shape index (κ2) is 6.35. The van der Waals surface area contributed by atoms with Crippen molar-refractivity contribution in [3.05, 3.63) is 35.9 Å². The molecule has 0 aromatic heterocycles. The van der Waals surface area contributed by atoms with Gasteiger partial charge in [0.1, 0.15) is 0 Å². The molecule has 18 heavy (non-hydrogen) atoms. The second-order valence-electron chi connectivity index (χ2n) is 5.40. The predicted octanol–water partition coefficient (Wildman–Crippen LogP) is 3.05. The van der Waals surface area contributed by atoms with Gasteiger partial charge in [0.15, 0.2) is 0 Å². The van der Waals surface area contributed by atoms with E-state index in [0.29, 0.717) is 21.9 Å². The van der Waals surface area contributed by atoms with Crippen molar-refractivity contribution in [2.45, 2.75) is 42.8 Å². The molecule has 1 aromatic carbocycles. The lowest BCUT2D eigenvalue weighted by atomic mass is 9.86. The molecular weight excluding hydrogens is 335 g/mol. The fraction of sp³-hybridized carbons (Fsp3) is 0.600. The number of nitrogens with two attached hydrogens (primary N) is 1. The number of hydrogen-bond donors (Lipinski definition) is 1. The van der Waals surface area contributed by atoms with Crippen LogP contribution in [-0.4, -0.2) is 27.5 Å². The van der Waals surface area contributed by atoms with E-state index in [4.69, 9.17) is 5.73 Å². The molecular formula is C15H23IN2. The molecule has 0 saturated carbocycles. The summed E-state index contributed by atoms with van der Waals surface area (Å²) in [7, 11) is 0. The van der Waals surface area contributed by atoms with Crippen molar-refractivity contribution in [3.63, 3.8) is 0 Å². The number of piperidine rings is 1. The summed E-state index contributed by atoms with van der Waals surface area (Å²) >= 11 is 2.58. The first-order valence-electron chi connectivity index (χ1n) is 6.77. The maximum Gasteiger partial charge on any atom is 0.0239 e. The quantitative estimate of drug-likeness (QED) is 0.665. The van der Waals surface area contributed by atoms with Gasteiger partial charge >= 0.3 is 0 Å². The molecule has 2 nitrogen and oxygen atoms in total. The molecule has 0 radical (unpaired) electrons. The zero-order valence-corrected chi connectivity index (χ0v) is 13.4. The van der Waals surface area contributed by atoms with Gasteiger partial charge in [-0.3, -0.25) is 4.90 Å². The number of halogens is 1. The third kappa shape index (κ3) is 3.06. The van der Waals surface area contributed by atoms with Crippen LogP contribution in [0.2, 0.25) is 0 Å². The molecule has 0 spiro atoms. The maximum atomic E-state index is 5.95. The molecule has 4 unspecified atom stereocenters. The average Bonchev–Trinajstić information content (AvgIpc) is 2.36. The molecule has 0 aliphatic carbocycles. The van der Waals surface area contributed by atoms with E-state index in [1.807, 2.05) is 0 Å². The Kier molecular flexibility index (Phi) is 5.04. The number of alkyl halides is 1. The SMILES string of the molecule is CC1CC(I)C(CN)C(C)N1Cc1ccccc1. The van der Waals surface area contributed by atoms with Gasteiger partial charge in [0.25, 0.3) is 0 Å². The van der Waals surface area contributed by atoms with Crippen LogP contribution in [0.25, 0.3) is 0 Å². The Bertz CT molecular complexity index is 368. The molecule has 4 atom stereocenters. The van der Waals surface area contributed by atoms with Crippen LogP contribution in [0.15, 0.2) is 30.3 Å². The van der Waals surface area contributed by atoms with Crippen molar-refractivity contribution in [1.82, 2.24) is 4.90 Å². The van der Waals surface area contributed by atoms with Gasteiger partial charge in [0, 0.05) is 22.6 Å². The van der Waals surface area contributed by atoms with Crippen LogP contribution in [0.1, 0.15) is 25.8 Å². The summed E-state index contributed by atoms with van der Waals surface area (Å²) in [5, 5.41) is 0. The van der Waals surface area contributed by atoms with Crippen molar-refractivity contribution >= 4 is 22.6 Å². The normalized spacial score (nSPS) is 33.6. The molecule has 1 heterocycles. The van der Waals surface area contributed by atoms with E-state index in [-0.39, 0.29) is 0 Å². The van der Waals surface area contributed by atoms with Crippen LogP contribution in [0.3, 0.4) is 0 Å². The Labute approximate surface area is 124 Å². The largest absolute Gasteiger partial charge is 0.330 e. The van der Waals surface area contributed by atoms with E-state index >= 15 is 0 Å². The molecule has 1 saturated heterocycles. The number of likely N-dealkylation sites (tertiary alicyclic amines) is 1. The molecule has 0 amide bonds. The van der Waals surface area contributed by atoms with Crippen molar-refractivity contribution in [3.8, 4) is 0 Å². The smallest absolute Gasteiger partial charge is 0.0239 e. The Morgan fingerprint density at radius 2 is 1.94 bits per heavy atom. The van der Waals surface area contributed by atoms with Crippen LogP contribution in [-0.2, 0) is 6.54 Å². The zero-order valence-electron chi connectivity index (χ0n) is 11.2. The van der Waals surface area contributed by atoms with Crippen LogP contribution in [0.4, 0.5) is 0 Å². The highest BCUT2D eigenvalue weighted by Gasteiger charge is 2.36. The lowest BCUT2D eigenvalue weighted by Crippen LogP contribution is -2.54. The van der Waals surface area contributed by atoms with Crippen LogP contribution in [0, 0.1) is 5.92 Å². The Hall–Kier alpha value is -0.130. The van der Waals surface area contributed by atoms with Gasteiger partial charge in [0.2, 0.25) is 0 Å². The first kappa shape index (κ1) is 14.3. The van der Waals surface area contributed by atoms with E-state index in [2.05, 4.69) is 71.7 Å². The van der Waals surface area contributed by atoms with E-state index in [1.165, 1.54) is 12.0 Å². The fourth-order valence-electron chi connectivity index (χ4n) is 3.02. The minimum absolute atomic E-state index is 0.570. The summed E-state index contributed by atoms with van der Waals surface area (Å²) in [6, 6.07) is 12.0. The lowest BCUT2D eigenvalue weighted by Gasteiger charge is -2.46. The van der Waals surface area contributed by atoms with E-state index < -0.39 is 0 Å². The summed E-state index contributed by atoms with van der Waals surface area (Å²) in [6.45, 7) is 6.52. The van der Waals surface area contributed by atoms with Gasteiger partial charge in [-0.15, -0.1) is 0 Å². The molecule has 0 bridgehead atoms. The van der Waals surface area contributed by atoms with Crippen molar-refractivity contribution < 1.29 is 0 Å². The maximum absolute atomic E-state index is 5.95. The molecule has 2 N–H and O–H groups in total. The van der Waals surface area contributed by atoms with Gasteiger partial charge in [-0.05, 0) is 38.3 Å². The Morgan fingerprint density at radius 1 is 1.28 bits per heavy atom. The molecule has 100 valence electrons. The zero-order chi connectivity index (χ0) is 13.1. The van der Waals surface area contributed by atoms with Crippen molar-refractivity contribution in [2.24, 2.45) is 11.7 Å². The summed E-state index contributed by atoms with van der Waals surface area (Å²) < 4.78 is 0.713. The third-order valence-corrected chi connectivity index (χ3v) is 5.65. The van der Waals surface area contributed by atoms with Gasteiger partial charge in [-0.1, -0.05) is 52.9 Å². The average molecular weight is 358 g/mol.